The van der Waals surface area contributed by atoms with Crippen molar-refractivity contribution < 1.29 is 24.2 Å². The summed E-state index contributed by atoms with van der Waals surface area (Å²) in [5.74, 6) is -1.13. The molecule has 0 bridgehead atoms. The highest BCUT2D eigenvalue weighted by Gasteiger charge is 2.24. The van der Waals surface area contributed by atoms with Crippen molar-refractivity contribution in [1.82, 2.24) is 20.1 Å². The van der Waals surface area contributed by atoms with Crippen molar-refractivity contribution >= 4 is 18.0 Å². The van der Waals surface area contributed by atoms with Crippen LogP contribution in [0.4, 0.5) is 4.79 Å². The summed E-state index contributed by atoms with van der Waals surface area (Å²) < 4.78 is 5.51. The maximum Gasteiger partial charge on any atom is 0.410 e. The van der Waals surface area contributed by atoms with Gasteiger partial charge in [0.2, 0.25) is 5.91 Å². The largest absolute Gasteiger partial charge is 0.478 e. The van der Waals surface area contributed by atoms with Crippen molar-refractivity contribution in [3.63, 3.8) is 0 Å². The van der Waals surface area contributed by atoms with Crippen molar-refractivity contribution in [3.8, 4) is 0 Å². The third-order valence-corrected chi connectivity index (χ3v) is 5.22. The Kier molecular flexibility index (Phi) is 13.5. The highest BCUT2D eigenvalue weighted by molar-refractivity contribution is 5.87. The number of aromatic carboxylic acids is 1. The summed E-state index contributed by atoms with van der Waals surface area (Å²) in [5.41, 5.74) is 0.115. The second-order valence-corrected chi connectivity index (χ2v) is 9.56. The fourth-order valence-corrected chi connectivity index (χ4v) is 3.58. The van der Waals surface area contributed by atoms with Crippen LogP contribution in [0.1, 0.15) is 69.4 Å². The van der Waals surface area contributed by atoms with Crippen LogP contribution in [0, 0.1) is 0 Å². The lowest BCUT2D eigenvalue weighted by Gasteiger charge is -2.28. The Bertz CT molecular complexity index is 871. The molecule has 9 heteroatoms. The van der Waals surface area contributed by atoms with E-state index >= 15 is 0 Å². The van der Waals surface area contributed by atoms with Gasteiger partial charge < -0.3 is 25.0 Å². The summed E-state index contributed by atoms with van der Waals surface area (Å²) >= 11 is 0. The van der Waals surface area contributed by atoms with Gasteiger partial charge in [0.15, 0.2) is 0 Å². The Hall–Kier alpha value is -3.20. The first-order valence-corrected chi connectivity index (χ1v) is 12.4. The number of aromatic nitrogens is 1. The second kappa shape index (κ2) is 15.7. The molecule has 0 aliphatic heterocycles. The number of carboxylic acids is 1. The number of ether oxygens (including phenoxy) is 1. The van der Waals surface area contributed by atoms with Gasteiger partial charge in [-0.05, 0) is 58.6 Å². The highest BCUT2D eigenvalue weighted by atomic mass is 16.6. The topological polar surface area (TPSA) is 112 Å². The number of unbranched alkanes of at least 4 members (excludes halogenated alkanes) is 1. The van der Waals surface area contributed by atoms with Crippen LogP contribution in [0.3, 0.4) is 0 Å². The van der Waals surface area contributed by atoms with Gasteiger partial charge in [0.25, 0.3) is 0 Å². The summed E-state index contributed by atoms with van der Waals surface area (Å²) in [7, 11) is 0. The lowest BCUT2D eigenvalue weighted by atomic mass is 10.1. The molecular formula is C27H42N4O5. The number of hydrogen-bond acceptors (Lipinski definition) is 6. The lowest BCUT2D eigenvalue weighted by Crippen LogP contribution is -2.46. The predicted octanol–water partition coefficient (Wildman–Crippen LogP) is 4.26. The monoisotopic (exact) mass is 502 g/mol. The van der Waals surface area contributed by atoms with E-state index in [4.69, 9.17) is 4.74 Å². The molecule has 200 valence electrons. The molecule has 0 aliphatic rings. The molecule has 0 aromatic carbocycles. The molecule has 36 heavy (non-hydrogen) atoms. The van der Waals surface area contributed by atoms with E-state index in [9.17, 15) is 19.5 Å². The molecule has 2 N–H and O–H groups in total. The van der Waals surface area contributed by atoms with E-state index in [0.717, 1.165) is 6.42 Å². The van der Waals surface area contributed by atoms with Crippen LogP contribution in [0.5, 0.6) is 0 Å². The summed E-state index contributed by atoms with van der Waals surface area (Å²) in [6.07, 6.45) is 7.21. The minimum Gasteiger partial charge on any atom is -0.478 e. The molecule has 1 heterocycles. The fraction of sp³-hybridized carbons (Fsp3) is 0.556. The van der Waals surface area contributed by atoms with E-state index in [0.29, 0.717) is 51.1 Å². The van der Waals surface area contributed by atoms with E-state index in [2.05, 4.69) is 23.5 Å². The molecule has 0 saturated carbocycles. The van der Waals surface area contributed by atoms with E-state index in [1.807, 2.05) is 27.7 Å². The second-order valence-electron chi connectivity index (χ2n) is 9.56. The smallest absolute Gasteiger partial charge is 0.410 e. The van der Waals surface area contributed by atoms with Crippen molar-refractivity contribution in [2.24, 2.45) is 0 Å². The van der Waals surface area contributed by atoms with Crippen molar-refractivity contribution in [1.29, 1.82) is 0 Å². The summed E-state index contributed by atoms with van der Waals surface area (Å²) in [4.78, 5) is 44.6. The molecule has 0 fully saturated rings. The molecule has 0 unspecified atom stereocenters. The maximum absolute atomic E-state index is 13.3. The number of amides is 2. The Morgan fingerprint density at radius 2 is 1.81 bits per heavy atom. The Labute approximate surface area is 215 Å². The SMILES string of the molecule is C=CCN(CC=C)C(=O)[C@@H](CCCCN(CCC)C(=O)OC(C)(C)C)NCc1cc(C(=O)O)ccn1. The minimum absolute atomic E-state index is 0.0956. The number of carboxylic acid groups (broad SMARTS) is 1. The number of carbonyl (C=O) groups is 3. The van der Waals surface area contributed by atoms with Gasteiger partial charge in [0.05, 0.1) is 17.3 Å². The van der Waals surface area contributed by atoms with Gasteiger partial charge >= 0.3 is 12.1 Å². The summed E-state index contributed by atoms with van der Waals surface area (Å²) in [6.45, 7) is 17.2. The molecule has 0 radical (unpaired) electrons. The number of pyridine rings is 1. The zero-order valence-electron chi connectivity index (χ0n) is 22.2. The van der Waals surface area contributed by atoms with Gasteiger partial charge in [-0.2, -0.15) is 0 Å². The number of carbonyl (C=O) groups excluding carboxylic acids is 2. The number of rotatable bonds is 16. The van der Waals surface area contributed by atoms with Gasteiger partial charge in [0, 0.05) is 38.9 Å². The van der Waals surface area contributed by atoms with Crippen molar-refractivity contribution in [2.45, 2.75) is 71.6 Å². The van der Waals surface area contributed by atoms with Crippen LogP contribution in [0.2, 0.25) is 0 Å². The molecule has 1 atom stereocenters. The first-order valence-electron chi connectivity index (χ1n) is 12.4. The average molecular weight is 503 g/mol. The van der Waals surface area contributed by atoms with E-state index in [-0.39, 0.29) is 24.1 Å². The number of hydrogen-bond donors (Lipinski definition) is 2. The van der Waals surface area contributed by atoms with Gasteiger partial charge in [-0.1, -0.05) is 19.1 Å². The first kappa shape index (κ1) is 30.8. The van der Waals surface area contributed by atoms with Crippen molar-refractivity contribution in [2.75, 3.05) is 26.2 Å². The quantitative estimate of drug-likeness (QED) is 0.257. The number of nitrogens with zero attached hydrogens (tertiary/aromatic N) is 3. The third kappa shape index (κ3) is 11.5. The number of nitrogens with one attached hydrogen (secondary N) is 1. The Morgan fingerprint density at radius 1 is 1.14 bits per heavy atom. The maximum atomic E-state index is 13.3. The minimum atomic E-state index is -1.03. The molecule has 0 aliphatic carbocycles. The average Bonchev–Trinajstić information content (AvgIpc) is 2.81. The lowest BCUT2D eigenvalue weighted by molar-refractivity contribution is -0.132. The first-order chi connectivity index (χ1) is 17.0. The van der Waals surface area contributed by atoms with Crippen LogP contribution in [-0.4, -0.2) is 75.7 Å². The zero-order chi connectivity index (χ0) is 27.1. The molecule has 1 aromatic heterocycles. The zero-order valence-corrected chi connectivity index (χ0v) is 22.2. The standard InChI is InChI=1S/C27H42N4O5/c1-7-15-30(16-8-2)24(32)23(29-20-22-19-21(25(33)34)13-14-28-22)12-10-11-18-31(17-9-3)26(35)36-27(4,5)6/h7-8,13-14,19,23,29H,1-2,9-12,15-18,20H2,3-6H3,(H,33,34)/t23-/m1/s1. The van der Waals surface area contributed by atoms with Gasteiger partial charge in [0.1, 0.15) is 5.60 Å². The normalized spacial score (nSPS) is 11.9. The van der Waals surface area contributed by atoms with Crippen LogP contribution in [0.25, 0.3) is 0 Å². The predicted molar refractivity (Wildman–Crippen MR) is 141 cm³/mol. The van der Waals surface area contributed by atoms with Crippen LogP contribution >= 0.6 is 0 Å². The molecule has 1 rings (SSSR count). The van der Waals surface area contributed by atoms with Crippen LogP contribution < -0.4 is 5.32 Å². The van der Waals surface area contributed by atoms with Crippen LogP contribution in [0.15, 0.2) is 43.6 Å². The molecule has 0 saturated heterocycles. The molecule has 1 aromatic rings. The fourth-order valence-electron chi connectivity index (χ4n) is 3.58. The third-order valence-electron chi connectivity index (χ3n) is 5.22. The van der Waals surface area contributed by atoms with E-state index < -0.39 is 17.6 Å². The molecule has 2 amide bonds. The Morgan fingerprint density at radius 3 is 2.36 bits per heavy atom. The molecule has 9 nitrogen and oxygen atoms in total. The van der Waals surface area contributed by atoms with Gasteiger partial charge in [-0.15, -0.1) is 13.2 Å². The summed E-state index contributed by atoms with van der Waals surface area (Å²) in [5, 5.41) is 12.5. The Balaban J connectivity index is 2.86. The van der Waals surface area contributed by atoms with Gasteiger partial charge in [-0.25, -0.2) is 9.59 Å². The van der Waals surface area contributed by atoms with E-state index in [1.165, 1.54) is 18.3 Å². The highest BCUT2D eigenvalue weighted by Crippen LogP contribution is 2.13. The van der Waals surface area contributed by atoms with Crippen molar-refractivity contribution in [3.05, 3.63) is 54.9 Å². The van der Waals surface area contributed by atoms with Crippen LogP contribution in [-0.2, 0) is 16.1 Å². The van der Waals surface area contributed by atoms with Gasteiger partial charge in [-0.3, -0.25) is 9.78 Å². The van der Waals surface area contributed by atoms with E-state index in [1.54, 1.807) is 22.0 Å². The summed E-state index contributed by atoms with van der Waals surface area (Å²) in [6, 6.07) is 2.41. The molecule has 0 spiro atoms. The molecular weight excluding hydrogens is 460 g/mol.